The number of rotatable bonds is 8. The highest BCUT2D eigenvalue weighted by molar-refractivity contribution is 9.09. The highest BCUT2D eigenvalue weighted by Crippen LogP contribution is 2.17. The van der Waals surface area contributed by atoms with Crippen molar-refractivity contribution < 1.29 is 4.74 Å². The minimum Gasteiger partial charge on any atom is -0.383 e. The number of nitrogens with zero attached hydrogens (tertiary/aromatic N) is 3. The maximum Gasteiger partial charge on any atom is 0.205 e. The van der Waals surface area contributed by atoms with Crippen molar-refractivity contribution in [3.05, 3.63) is 5.82 Å². The van der Waals surface area contributed by atoms with Gasteiger partial charge in [0, 0.05) is 43.5 Å². The number of aromatic nitrogens is 2. The lowest BCUT2D eigenvalue weighted by molar-refractivity contribution is 0.205. The molecule has 0 unspecified atom stereocenters. The molecule has 92 valence electrons. The molecular weight excluding hydrogens is 290 g/mol. The van der Waals surface area contributed by atoms with Crippen molar-refractivity contribution in [2.24, 2.45) is 0 Å². The van der Waals surface area contributed by atoms with Gasteiger partial charge in [0.1, 0.15) is 5.82 Å². The Kier molecular flexibility index (Phi) is 6.91. The number of ether oxygens (including phenoxy) is 1. The first-order valence-electron chi connectivity index (χ1n) is 5.44. The topological polar surface area (TPSA) is 38.2 Å². The average Bonchev–Trinajstić information content (AvgIpc) is 2.73. The summed E-state index contributed by atoms with van der Waals surface area (Å²) in [5.74, 6) is 0.958. The van der Waals surface area contributed by atoms with Crippen LogP contribution in [0.5, 0.6) is 0 Å². The van der Waals surface area contributed by atoms with Gasteiger partial charge in [0.25, 0.3) is 0 Å². The lowest BCUT2D eigenvalue weighted by atomic mass is 10.3. The number of anilines is 1. The highest BCUT2D eigenvalue weighted by atomic mass is 79.9. The average molecular weight is 308 g/mol. The van der Waals surface area contributed by atoms with Crippen molar-refractivity contribution in [2.45, 2.75) is 19.8 Å². The molecule has 0 spiro atoms. The van der Waals surface area contributed by atoms with Crippen LogP contribution in [-0.2, 0) is 11.2 Å². The molecule has 0 bridgehead atoms. The molecule has 0 aliphatic carbocycles. The summed E-state index contributed by atoms with van der Waals surface area (Å²) >= 11 is 4.93. The molecule has 1 rings (SSSR count). The monoisotopic (exact) mass is 307 g/mol. The molecule has 0 saturated heterocycles. The van der Waals surface area contributed by atoms with Gasteiger partial charge in [-0.3, -0.25) is 0 Å². The zero-order valence-electron chi connectivity index (χ0n) is 9.78. The van der Waals surface area contributed by atoms with Gasteiger partial charge in [-0.05, 0) is 6.42 Å². The van der Waals surface area contributed by atoms with E-state index in [4.69, 9.17) is 4.74 Å². The summed E-state index contributed by atoms with van der Waals surface area (Å²) in [6, 6.07) is 0. The maximum absolute atomic E-state index is 5.09. The van der Waals surface area contributed by atoms with E-state index in [2.05, 4.69) is 37.1 Å². The second kappa shape index (κ2) is 7.97. The largest absolute Gasteiger partial charge is 0.383 e. The fraction of sp³-hybridized carbons (Fsp3) is 0.800. The van der Waals surface area contributed by atoms with Crippen LogP contribution in [0, 0.1) is 0 Å². The van der Waals surface area contributed by atoms with E-state index in [9.17, 15) is 0 Å². The summed E-state index contributed by atoms with van der Waals surface area (Å²) in [6.07, 6.45) is 2.05. The van der Waals surface area contributed by atoms with E-state index < -0.39 is 0 Å². The summed E-state index contributed by atoms with van der Waals surface area (Å²) in [6.45, 7) is 4.66. The van der Waals surface area contributed by atoms with Crippen molar-refractivity contribution in [1.29, 1.82) is 0 Å². The lowest BCUT2D eigenvalue weighted by Crippen LogP contribution is -2.29. The molecule has 16 heavy (non-hydrogen) atoms. The van der Waals surface area contributed by atoms with Crippen LogP contribution in [-0.4, -0.2) is 41.5 Å². The Labute approximate surface area is 109 Å². The van der Waals surface area contributed by atoms with E-state index in [1.807, 2.05) is 0 Å². The molecule has 0 aliphatic heterocycles. The summed E-state index contributed by atoms with van der Waals surface area (Å²) in [5, 5.41) is 1.93. The SMILES string of the molecule is CCCc1nsc(N(CCBr)CCOC)n1. The highest BCUT2D eigenvalue weighted by Gasteiger charge is 2.11. The third-order valence-corrected chi connectivity index (χ3v) is 3.29. The zero-order chi connectivity index (χ0) is 11.8. The van der Waals surface area contributed by atoms with Gasteiger partial charge in [-0.1, -0.05) is 22.9 Å². The third kappa shape index (κ3) is 4.35. The van der Waals surface area contributed by atoms with Crippen LogP contribution in [0.15, 0.2) is 0 Å². The molecule has 0 fully saturated rings. The summed E-state index contributed by atoms with van der Waals surface area (Å²) < 4.78 is 9.44. The Morgan fingerprint density at radius 2 is 2.25 bits per heavy atom. The number of methoxy groups -OCH3 is 1. The van der Waals surface area contributed by atoms with Gasteiger partial charge in [-0.25, -0.2) is 4.98 Å². The molecule has 1 aromatic heterocycles. The van der Waals surface area contributed by atoms with Crippen LogP contribution in [0.25, 0.3) is 0 Å². The van der Waals surface area contributed by atoms with Crippen molar-refractivity contribution in [3.8, 4) is 0 Å². The van der Waals surface area contributed by atoms with Gasteiger partial charge in [-0.15, -0.1) is 0 Å². The molecule has 1 aromatic rings. The van der Waals surface area contributed by atoms with Crippen LogP contribution < -0.4 is 4.90 Å². The first-order valence-corrected chi connectivity index (χ1v) is 7.33. The van der Waals surface area contributed by atoms with E-state index in [1.54, 1.807) is 7.11 Å². The van der Waals surface area contributed by atoms with E-state index in [1.165, 1.54) is 11.5 Å². The Hall–Kier alpha value is -0.200. The standard InChI is InChI=1S/C10H18BrN3OS/c1-3-4-9-12-10(16-13-9)14(6-5-11)7-8-15-2/h3-8H2,1-2H3. The maximum atomic E-state index is 5.09. The quantitative estimate of drug-likeness (QED) is 0.691. The molecule has 0 N–H and O–H groups in total. The summed E-state index contributed by atoms with van der Waals surface area (Å²) in [7, 11) is 1.72. The zero-order valence-corrected chi connectivity index (χ0v) is 12.2. The number of halogens is 1. The van der Waals surface area contributed by atoms with E-state index in [-0.39, 0.29) is 0 Å². The van der Waals surface area contributed by atoms with Crippen LogP contribution in [0.1, 0.15) is 19.2 Å². The number of alkyl halides is 1. The molecule has 0 atom stereocenters. The van der Waals surface area contributed by atoms with Crippen molar-refractivity contribution in [1.82, 2.24) is 9.36 Å². The smallest absolute Gasteiger partial charge is 0.205 e. The Balaban J connectivity index is 2.59. The number of hydrogen-bond acceptors (Lipinski definition) is 5. The van der Waals surface area contributed by atoms with Crippen LogP contribution in [0.4, 0.5) is 5.13 Å². The van der Waals surface area contributed by atoms with E-state index >= 15 is 0 Å². The molecule has 4 nitrogen and oxygen atoms in total. The summed E-state index contributed by atoms with van der Waals surface area (Å²) in [5.41, 5.74) is 0. The van der Waals surface area contributed by atoms with Crippen LogP contribution >= 0.6 is 27.5 Å². The van der Waals surface area contributed by atoms with Gasteiger partial charge >= 0.3 is 0 Å². The molecule has 0 saturated carbocycles. The fourth-order valence-electron chi connectivity index (χ4n) is 1.30. The second-order valence-electron chi connectivity index (χ2n) is 3.41. The van der Waals surface area contributed by atoms with Gasteiger partial charge in [-0.2, -0.15) is 4.37 Å². The molecular formula is C10H18BrN3OS. The molecule has 1 heterocycles. The lowest BCUT2D eigenvalue weighted by Gasteiger charge is -2.19. The minimum absolute atomic E-state index is 0.718. The Morgan fingerprint density at radius 1 is 1.44 bits per heavy atom. The Bertz CT molecular complexity index is 295. The molecule has 0 radical (unpaired) electrons. The van der Waals surface area contributed by atoms with Crippen LogP contribution in [0.3, 0.4) is 0 Å². The van der Waals surface area contributed by atoms with Gasteiger partial charge in [0.15, 0.2) is 0 Å². The van der Waals surface area contributed by atoms with Gasteiger partial charge < -0.3 is 9.64 Å². The first kappa shape index (κ1) is 13.9. The van der Waals surface area contributed by atoms with Crippen LogP contribution in [0.2, 0.25) is 0 Å². The van der Waals surface area contributed by atoms with Gasteiger partial charge in [0.05, 0.1) is 6.61 Å². The van der Waals surface area contributed by atoms with Crippen molar-refractivity contribution in [2.75, 3.05) is 37.0 Å². The van der Waals surface area contributed by atoms with E-state index in [0.29, 0.717) is 0 Å². The van der Waals surface area contributed by atoms with Crippen molar-refractivity contribution in [3.63, 3.8) is 0 Å². The third-order valence-electron chi connectivity index (χ3n) is 2.12. The van der Waals surface area contributed by atoms with Gasteiger partial charge in [0.2, 0.25) is 5.13 Å². The van der Waals surface area contributed by atoms with E-state index in [0.717, 1.165) is 48.8 Å². The Morgan fingerprint density at radius 3 is 2.88 bits per heavy atom. The van der Waals surface area contributed by atoms with Crippen molar-refractivity contribution >= 4 is 32.6 Å². The predicted octanol–water partition coefficient (Wildman–Crippen LogP) is 2.34. The molecule has 6 heteroatoms. The molecule has 0 amide bonds. The normalized spacial score (nSPS) is 10.7. The summed E-state index contributed by atoms with van der Waals surface area (Å²) in [4.78, 5) is 6.73. The number of aryl methyl sites for hydroxylation is 1. The molecule has 0 aliphatic rings. The second-order valence-corrected chi connectivity index (χ2v) is 4.94. The fourth-order valence-corrected chi connectivity index (χ4v) is 2.50. The molecule has 0 aromatic carbocycles. The number of hydrogen-bond donors (Lipinski definition) is 0. The minimum atomic E-state index is 0.718. The first-order chi connectivity index (χ1) is 7.81. The predicted molar refractivity (Wildman–Crippen MR) is 71.8 cm³/mol.